The molecule has 1 aromatic carbocycles. The van der Waals surface area contributed by atoms with Crippen LogP contribution in [0.4, 0.5) is 10.5 Å². The molecule has 1 fully saturated rings. The number of amides is 1. The smallest absolute Gasteiger partial charge is 0.411 e. The van der Waals surface area contributed by atoms with E-state index in [0.29, 0.717) is 24.7 Å². The monoisotopic (exact) mass is 418 g/mol. The van der Waals surface area contributed by atoms with E-state index >= 15 is 0 Å². The Balaban J connectivity index is 1.64. The Labute approximate surface area is 183 Å². The second-order valence-corrected chi connectivity index (χ2v) is 8.93. The largest absolute Gasteiger partial charge is 0.491 e. The van der Waals surface area contributed by atoms with Crippen molar-refractivity contribution in [2.24, 2.45) is 11.8 Å². The summed E-state index contributed by atoms with van der Waals surface area (Å²) in [6.45, 7) is 10.9. The molecule has 1 aromatic rings. The summed E-state index contributed by atoms with van der Waals surface area (Å²) in [7, 11) is 0. The SMILES string of the molecule is CCCCCCCOc1ccccc1NC(=O)OCCN1CCC(CC(C)C)CC1. The maximum atomic E-state index is 12.2. The number of rotatable bonds is 13. The average Bonchev–Trinajstić information content (AvgIpc) is 2.72. The number of hydrogen-bond acceptors (Lipinski definition) is 4. The number of unbranched alkanes of at least 4 members (excludes halogenated alkanes) is 4. The van der Waals surface area contributed by atoms with Crippen LogP contribution in [0.25, 0.3) is 0 Å². The maximum absolute atomic E-state index is 12.2. The second-order valence-electron chi connectivity index (χ2n) is 8.93. The van der Waals surface area contributed by atoms with Crippen LogP contribution in [0.3, 0.4) is 0 Å². The molecule has 0 unspecified atom stereocenters. The van der Waals surface area contributed by atoms with Crippen LogP contribution < -0.4 is 10.1 Å². The first-order valence-corrected chi connectivity index (χ1v) is 12.0. The molecule has 0 saturated carbocycles. The fourth-order valence-electron chi connectivity index (χ4n) is 4.11. The minimum Gasteiger partial charge on any atom is -0.491 e. The molecule has 5 nitrogen and oxygen atoms in total. The van der Waals surface area contributed by atoms with Crippen LogP contribution in [0.1, 0.15) is 72.1 Å². The molecular weight excluding hydrogens is 376 g/mol. The van der Waals surface area contributed by atoms with Gasteiger partial charge in [0.25, 0.3) is 0 Å². The third-order valence-electron chi connectivity index (χ3n) is 5.78. The summed E-state index contributed by atoms with van der Waals surface area (Å²) in [5, 5.41) is 2.83. The van der Waals surface area contributed by atoms with E-state index in [1.807, 2.05) is 24.3 Å². The van der Waals surface area contributed by atoms with E-state index in [0.717, 1.165) is 37.9 Å². The van der Waals surface area contributed by atoms with E-state index in [1.54, 1.807) is 0 Å². The highest BCUT2D eigenvalue weighted by Gasteiger charge is 2.20. The van der Waals surface area contributed by atoms with Crippen LogP contribution in [0.15, 0.2) is 24.3 Å². The molecule has 0 atom stereocenters. The first-order chi connectivity index (χ1) is 14.6. The minimum atomic E-state index is -0.413. The fraction of sp³-hybridized carbons (Fsp3) is 0.720. The van der Waals surface area contributed by atoms with Crippen molar-refractivity contribution in [3.8, 4) is 5.75 Å². The van der Waals surface area contributed by atoms with E-state index in [1.165, 1.54) is 44.9 Å². The standard InChI is InChI=1S/C25H42N2O3/c1-4-5-6-7-10-18-29-24-12-9-8-11-23(24)26-25(28)30-19-17-27-15-13-22(14-16-27)20-21(2)3/h8-9,11-12,21-22H,4-7,10,13-20H2,1-3H3,(H,26,28). The molecule has 5 heteroatoms. The van der Waals surface area contributed by atoms with Crippen LogP contribution in [0, 0.1) is 11.8 Å². The van der Waals surface area contributed by atoms with Gasteiger partial charge in [0.05, 0.1) is 12.3 Å². The third-order valence-corrected chi connectivity index (χ3v) is 5.78. The van der Waals surface area contributed by atoms with Crippen LogP contribution in [0.2, 0.25) is 0 Å². The molecule has 1 saturated heterocycles. The normalized spacial score (nSPS) is 15.3. The van der Waals surface area contributed by atoms with Gasteiger partial charge in [-0.1, -0.05) is 58.6 Å². The highest BCUT2D eigenvalue weighted by molar-refractivity contribution is 5.86. The van der Waals surface area contributed by atoms with Crippen molar-refractivity contribution in [3.63, 3.8) is 0 Å². The molecule has 1 amide bonds. The summed E-state index contributed by atoms with van der Waals surface area (Å²) in [5.74, 6) is 2.34. The van der Waals surface area contributed by atoms with Gasteiger partial charge in [-0.3, -0.25) is 10.2 Å². The maximum Gasteiger partial charge on any atom is 0.411 e. The molecule has 0 aromatic heterocycles. The van der Waals surface area contributed by atoms with E-state index in [9.17, 15) is 4.79 Å². The molecular formula is C25H42N2O3. The van der Waals surface area contributed by atoms with Crippen molar-refractivity contribution in [3.05, 3.63) is 24.3 Å². The van der Waals surface area contributed by atoms with Gasteiger partial charge in [-0.25, -0.2) is 4.79 Å². The Kier molecular flexibility index (Phi) is 11.7. The van der Waals surface area contributed by atoms with Gasteiger partial charge in [0.15, 0.2) is 0 Å². The lowest BCUT2D eigenvalue weighted by molar-refractivity contribution is 0.117. The molecule has 170 valence electrons. The van der Waals surface area contributed by atoms with E-state index in [2.05, 4.69) is 31.0 Å². The number of piperidine rings is 1. The zero-order valence-electron chi connectivity index (χ0n) is 19.3. The van der Waals surface area contributed by atoms with Crippen molar-refractivity contribution in [2.45, 2.75) is 72.1 Å². The zero-order chi connectivity index (χ0) is 21.6. The predicted molar refractivity (Wildman–Crippen MR) is 124 cm³/mol. The molecule has 1 heterocycles. The highest BCUT2D eigenvalue weighted by Crippen LogP contribution is 2.25. The summed E-state index contributed by atoms with van der Waals surface area (Å²) >= 11 is 0. The van der Waals surface area contributed by atoms with Crippen molar-refractivity contribution in [2.75, 3.05) is 38.2 Å². The Morgan fingerprint density at radius 2 is 1.83 bits per heavy atom. The molecule has 0 aliphatic carbocycles. The first kappa shape index (κ1) is 24.5. The number of nitrogens with zero attached hydrogens (tertiary/aromatic N) is 1. The van der Waals surface area contributed by atoms with Crippen molar-refractivity contribution < 1.29 is 14.3 Å². The molecule has 30 heavy (non-hydrogen) atoms. The average molecular weight is 419 g/mol. The number of anilines is 1. The van der Waals surface area contributed by atoms with Gasteiger partial charge in [-0.15, -0.1) is 0 Å². The Bertz CT molecular complexity index is 598. The molecule has 0 spiro atoms. The number of hydrogen-bond donors (Lipinski definition) is 1. The number of nitrogens with one attached hydrogen (secondary N) is 1. The van der Waals surface area contributed by atoms with Gasteiger partial charge in [0.1, 0.15) is 12.4 Å². The lowest BCUT2D eigenvalue weighted by Crippen LogP contribution is -2.36. The third kappa shape index (κ3) is 9.84. The fourth-order valence-corrected chi connectivity index (χ4v) is 4.11. The zero-order valence-corrected chi connectivity index (χ0v) is 19.3. The summed E-state index contributed by atoms with van der Waals surface area (Å²) in [5.41, 5.74) is 0.672. The van der Waals surface area contributed by atoms with Crippen LogP contribution in [0.5, 0.6) is 5.75 Å². The number of carbonyl (C=O) groups excluding carboxylic acids is 1. The van der Waals surface area contributed by atoms with Crippen molar-refractivity contribution >= 4 is 11.8 Å². The summed E-state index contributed by atoms with van der Waals surface area (Å²) in [6.07, 6.45) is 9.41. The Morgan fingerprint density at radius 1 is 1.10 bits per heavy atom. The van der Waals surface area contributed by atoms with Gasteiger partial charge in [0.2, 0.25) is 0 Å². The van der Waals surface area contributed by atoms with Crippen molar-refractivity contribution in [1.82, 2.24) is 4.90 Å². The molecule has 1 aliphatic heterocycles. The van der Waals surface area contributed by atoms with Gasteiger partial charge >= 0.3 is 6.09 Å². The molecule has 0 bridgehead atoms. The summed E-state index contributed by atoms with van der Waals surface area (Å²) in [4.78, 5) is 14.6. The number of likely N-dealkylation sites (tertiary alicyclic amines) is 1. The lowest BCUT2D eigenvalue weighted by atomic mass is 9.89. The quantitative estimate of drug-likeness (QED) is 0.380. The van der Waals surface area contributed by atoms with Gasteiger partial charge < -0.3 is 9.47 Å². The molecule has 1 aliphatic rings. The predicted octanol–water partition coefficient (Wildman–Crippen LogP) is 6.34. The molecule has 1 N–H and O–H groups in total. The Hall–Kier alpha value is -1.75. The Morgan fingerprint density at radius 3 is 2.57 bits per heavy atom. The number of ether oxygens (including phenoxy) is 2. The second kappa shape index (κ2) is 14.3. The van der Waals surface area contributed by atoms with E-state index < -0.39 is 6.09 Å². The van der Waals surface area contributed by atoms with E-state index in [4.69, 9.17) is 9.47 Å². The van der Waals surface area contributed by atoms with Crippen LogP contribution >= 0.6 is 0 Å². The number of carbonyl (C=O) groups is 1. The molecule has 0 radical (unpaired) electrons. The van der Waals surface area contributed by atoms with Gasteiger partial charge in [0, 0.05) is 6.54 Å². The van der Waals surface area contributed by atoms with Gasteiger partial charge in [-0.2, -0.15) is 0 Å². The highest BCUT2D eigenvalue weighted by atomic mass is 16.5. The lowest BCUT2D eigenvalue weighted by Gasteiger charge is -2.32. The molecule has 2 rings (SSSR count). The van der Waals surface area contributed by atoms with Crippen LogP contribution in [-0.2, 0) is 4.74 Å². The van der Waals surface area contributed by atoms with Crippen molar-refractivity contribution in [1.29, 1.82) is 0 Å². The first-order valence-electron chi connectivity index (χ1n) is 12.0. The number of benzene rings is 1. The van der Waals surface area contributed by atoms with Crippen LogP contribution in [-0.4, -0.2) is 43.8 Å². The summed E-state index contributed by atoms with van der Waals surface area (Å²) < 4.78 is 11.3. The number of para-hydroxylation sites is 2. The topological polar surface area (TPSA) is 50.8 Å². The minimum absolute atomic E-state index is 0.413. The van der Waals surface area contributed by atoms with E-state index in [-0.39, 0.29) is 0 Å². The van der Waals surface area contributed by atoms with Gasteiger partial charge in [-0.05, 0) is 62.7 Å². The summed E-state index contributed by atoms with van der Waals surface area (Å²) in [6, 6.07) is 7.56.